The maximum Gasteiger partial charge on any atom is 0.129 e. The van der Waals surface area contributed by atoms with Gasteiger partial charge in [0.25, 0.3) is 0 Å². The zero-order chi connectivity index (χ0) is 9.42. The van der Waals surface area contributed by atoms with Gasteiger partial charge in [-0.25, -0.2) is 4.39 Å². The molecule has 0 spiro atoms. The number of nitrogens with two attached hydrogens (primary N) is 1. The molecule has 1 aromatic carbocycles. The lowest BCUT2D eigenvalue weighted by Gasteiger charge is -2.04. The summed E-state index contributed by atoms with van der Waals surface area (Å²) in [7, 11) is 1.89. The Morgan fingerprint density at radius 2 is 2.15 bits per heavy atom. The van der Waals surface area contributed by atoms with Gasteiger partial charge < -0.3 is 10.3 Å². The zero-order valence-corrected chi connectivity index (χ0v) is 7.42. The highest BCUT2D eigenvalue weighted by atomic mass is 19.1. The first-order chi connectivity index (χ1) is 6.24. The molecule has 2 aromatic rings. The van der Waals surface area contributed by atoms with E-state index in [1.807, 2.05) is 23.9 Å². The minimum Gasteiger partial charge on any atom is -0.350 e. The van der Waals surface area contributed by atoms with Gasteiger partial charge in [0, 0.05) is 30.7 Å². The van der Waals surface area contributed by atoms with Crippen molar-refractivity contribution in [1.29, 1.82) is 0 Å². The molecule has 2 N–H and O–H groups in total. The number of fused-ring (bicyclic) bond motifs is 1. The molecular formula is C10H11FN2. The molecule has 68 valence electrons. The summed E-state index contributed by atoms with van der Waals surface area (Å²) in [5.74, 6) is -0.225. The van der Waals surface area contributed by atoms with E-state index < -0.39 is 0 Å². The van der Waals surface area contributed by atoms with Crippen molar-refractivity contribution >= 4 is 10.9 Å². The Labute approximate surface area is 75.8 Å². The number of aromatic nitrogens is 1. The van der Waals surface area contributed by atoms with E-state index in [0.29, 0.717) is 5.56 Å². The third-order valence-corrected chi connectivity index (χ3v) is 2.29. The molecule has 0 radical (unpaired) electrons. The number of hydrogen-bond acceptors (Lipinski definition) is 1. The van der Waals surface area contributed by atoms with Gasteiger partial charge in [-0.3, -0.25) is 0 Å². The van der Waals surface area contributed by atoms with Crippen molar-refractivity contribution in [3.05, 3.63) is 35.8 Å². The van der Waals surface area contributed by atoms with Crippen LogP contribution in [0.5, 0.6) is 0 Å². The van der Waals surface area contributed by atoms with Gasteiger partial charge in [-0.05, 0) is 18.2 Å². The van der Waals surface area contributed by atoms with E-state index >= 15 is 0 Å². The summed E-state index contributed by atoms with van der Waals surface area (Å²) in [6, 6.07) is 5.18. The minimum absolute atomic E-state index is 0.225. The second kappa shape index (κ2) is 2.85. The second-order valence-corrected chi connectivity index (χ2v) is 3.09. The maximum absolute atomic E-state index is 13.3. The summed E-state index contributed by atoms with van der Waals surface area (Å²) in [6.07, 6.45) is 1.91. The summed E-state index contributed by atoms with van der Waals surface area (Å²) in [5.41, 5.74) is 6.97. The van der Waals surface area contributed by atoms with Crippen molar-refractivity contribution in [2.75, 3.05) is 0 Å². The van der Waals surface area contributed by atoms with E-state index in [1.54, 1.807) is 6.07 Å². The van der Waals surface area contributed by atoms with Gasteiger partial charge >= 0.3 is 0 Å². The number of aryl methyl sites for hydroxylation is 1. The molecule has 0 amide bonds. The van der Waals surface area contributed by atoms with Crippen LogP contribution in [0.4, 0.5) is 4.39 Å². The molecule has 0 aliphatic carbocycles. The Balaban J connectivity index is 2.88. The van der Waals surface area contributed by atoms with Crippen LogP contribution < -0.4 is 5.73 Å². The molecule has 0 unspecified atom stereocenters. The fourth-order valence-corrected chi connectivity index (χ4v) is 1.64. The van der Waals surface area contributed by atoms with Crippen molar-refractivity contribution < 1.29 is 4.39 Å². The lowest BCUT2D eigenvalue weighted by molar-refractivity contribution is 0.612. The van der Waals surface area contributed by atoms with Crippen LogP contribution in [0.3, 0.4) is 0 Å². The number of nitrogens with zero attached hydrogens (tertiary/aromatic N) is 1. The quantitative estimate of drug-likeness (QED) is 0.709. The highest BCUT2D eigenvalue weighted by molar-refractivity contribution is 5.83. The third kappa shape index (κ3) is 1.12. The van der Waals surface area contributed by atoms with Crippen LogP contribution in [0, 0.1) is 5.82 Å². The highest BCUT2D eigenvalue weighted by Gasteiger charge is 2.07. The summed E-state index contributed by atoms with van der Waals surface area (Å²) >= 11 is 0. The molecule has 0 saturated heterocycles. The molecule has 1 heterocycles. The maximum atomic E-state index is 13.3. The predicted molar refractivity (Wildman–Crippen MR) is 50.8 cm³/mol. The van der Waals surface area contributed by atoms with Gasteiger partial charge in [0.05, 0.1) is 5.52 Å². The molecule has 0 atom stereocenters. The molecule has 0 bridgehead atoms. The van der Waals surface area contributed by atoms with Gasteiger partial charge in [0.1, 0.15) is 5.82 Å². The topological polar surface area (TPSA) is 30.9 Å². The number of benzene rings is 1. The van der Waals surface area contributed by atoms with E-state index in [1.165, 1.54) is 6.07 Å². The van der Waals surface area contributed by atoms with Crippen molar-refractivity contribution in [3.8, 4) is 0 Å². The number of hydrogen-bond donors (Lipinski definition) is 1. The summed E-state index contributed by atoms with van der Waals surface area (Å²) < 4.78 is 15.2. The van der Waals surface area contributed by atoms with E-state index in [9.17, 15) is 4.39 Å². The van der Waals surface area contributed by atoms with E-state index in [-0.39, 0.29) is 12.4 Å². The zero-order valence-electron chi connectivity index (χ0n) is 7.42. The standard InChI is InChI=1S/C10H11FN2/c1-13-5-4-7-2-3-9(11)8(6-12)10(7)13/h2-5H,6,12H2,1H3. The van der Waals surface area contributed by atoms with E-state index in [4.69, 9.17) is 5.73 Å². The first-order valence-electron chi connectivity index (χ1n) is 4.16. The van der Waals surface area contributed by atoms with Crippen molar-refractivity contribution in [2.45, 2.75) is 6.54 Å². The van der Waals surface area contributed by atoms with Crippen molar-refractivity contribution in [1.82, 2.24) is 4.57 Å². The molecule has 0 saturated carbocycles. The van der Waals surface area contributed by atoms with Crippen LogP contribution >= 0.6 is 0 Å². The van der Waals surface area contributed by atoms with Gasteiger partial charge in [-0.15, -0.1) is 0 Å². The molecule has 0 aliphatic rings. The molecule has 0 fully saturated rings. The highest BCUT2D eigenvalue weighted by Crippen LogP contribution is 2.21. The van der Waals surface area contributed by atoms with Crippen molar-refractivity contribution in [2.24, 2.45) is 12.8 Å². The Hall–Kier alpha value is -1.35. The Bertz CT molecular complexity index is 445. The first kappa shape index (κ1) is 8.26. The molecule has 0 aliphatic heterocycles. The van der Waals surface area contributed by atoms with Gasteiger partial charge in [-0.1, -0.05) is 0 Å². The summed E-state index contributed by atoms with van der Waals surface area (Å²) in [5, 5.41) is 1.03. The second-order valence-electron chi connectivity index (χ2n) is 3.09. The Morgan fingerprint density at radius 3 is 2.85 bits per heavy atom. The first-order valence-corrected chi connectivity index (χ1v) is 4.16. The van der Waals surface area contributed by atoms with Gasteiger partial charge in [-0.2, -0.15) is 0 Å². The van der Waals surface area contributed by atoms with Gasteiger partial charge in [0.2, 0.25) is 0 Å². The largest absolute Gasteiger partial charge is 0.350 e. The monoisotopic (exact) mass is 178 g/mol. The van der Waals surface area contributed by atoms with E-state index in [0.717, 1.165) is 10.9 Å². The normalized spacial score (nSPS) is 11.0. The van der Waals surface area contributed by atoms with Crippen LogP contribution in [0.2, 0.25) is 0 Å². The molecule has 2 rings (SSSR count). The fraction of sp³-hybridized carbons (Fsp3) is 0.200. The SMILES string of the molecule is Cn1ccc2ccc(F)c(CN)c21. The van der Waals surface area contributed by atoms with Crippen LogP contribution in [0.25, 0.3) is 10.9 Å². The minimum atomic E-state index is -0.225. The molecule has 1 aromatic heterocycles. The lowest BCUT2D eigenvalue weighted by atomic mass is 10.1. The summed E-state index contributed by atoms with van der Waals surface area (Å²) in [6.45, 7) is 0.237. The Kier molecular flexibility index (Phi) is 1.81. The number of halogens is 1. The average Bonchev–Trinajstić information content (AvgIpc) is 2.49. The van der Waals surface area contributed by atoms with Gasteiger partial charge in [0.15, 0.2) is 0 Å². The third-order valence-electron chi connectivity index (χ3n) is 2.29. The molecular weight excluding hydrogens is 167 g/mol. The molecule has 2 nitrogen and oxygen atoms in total. The van der Waals surface area contributed by atoms with Crippen molar-refractivity contribution in [3.63, 3.8) is 0 Å². The van der Waals surface area contributed by atoms with Crippen LogP contribution in [-0.2, 0) is 13.6 Å². The van der Waals surface area contributed by atoms with Crippen LogP contribution in [-0.4, -0.2) is 4.57 Å². The number of rotatable bonds is 1. The van der Waals surface area contributed by atoms with Crippen LogP contribution in [0.1, 0.15) is 5.56 Å². The molecule has 3 heteroatoms. The fourth-order valence-electron chi connectivity index (χ4n) is 1.64. The van der Waals surface area contributed by atoms with Crippen LogP contribution in [0.15, 0.2) is 24.4 Å². The Morgan fingerprint density at radius 1 is 1.38 bits per heavy atom. The average molecular weight is 178 g/mol. The smallest absolute Gasteiger partial charge is 0.129 e. The van der Waals surface area contributed by atoms with E-state index in [2.05, 4.69) is 0 Å². The predicted octanol–water partition coefficient (Wildman–Crippen LogP) is 1.78. The summed E-state index contributed by atoms with van der Waals surface area (Å²) in [4.78, 5) is 0. The molecule has 13 heavy (non-hydrogen) atoms. The lowest BCUT2D eigenvalue weighted by Crippen LogP contribution is -2.02.